The van der Waals surface area contributed by atoms with Crippen LogP contribution in [-0.4, -0.2) is 45.1 Å². The minimum absolute atomic E-state index is 0.586. The summed E-state index contributed by atoms with van der Waals surface area (Å²) in [4.78, 5) is 30.6. The van der Waals surface area contributed by atoms with Crippen molar-refractivity contribution in [2.45, 2.75) is 24.8 Å². The van der Waals surface area contributed by atoms with Crippen molar-refractivity contribution in [1.82, 2.24) is 24.4 Å². The Bertz CT molecular complexity index is 2350. The molecular formula is C46H43ClFN5O2. The lowest BCUT2D eigenvalue weighted by Gasteiger charge is -2.37. The van der Waals surface area contributed by atoms with Gasteiger partial charge in [0.05, 0.1) is 6.33 Å². The Morgan fingerprint density at radius 1 is 0.782 bits per heavy atom. The van der Waals surface area contributed by atoms with Crippen LogP contribution in [0.2, 0.25) is 5.02 Å². The second-order valence-corrected chi connectivity index (χ2v) is 13.7. The average molecular weight is 752 g/mol. The first-order valence-corrected chi connectivity index (χ1v) is 18.5. The van der Waals surface area contributed by atoms with E-state index >= 15 is 0 Å². The van der Waals surface area contributed by atoms with Gasteiger partial charge < -0.3 is 14.5 Å². The predicted octanol–water partition coefficient (Wildman–Crippen LogP) is 8.75. The fourth-order valence-corrected chi connectivity index (χ4v) is 7.26. The molecule has 0 radical (unpaired) electrons. The Hall–Kier alpha value is -6.09. The molecule has 0 fully saturated rings. The van der Waals surface area contributed by atoms with Gasteiger partial charge in [-0.2, -0.15) is 4.39 Å². The molecule has 1 aliphatic rings. The average Bonchev–Trinajstić information content (AvgIpc) is 3.70. The summed E-state index contributed by atoms with van der Waals surface area (Å²) >= 11 is 6.69. The van der Waals surface area contributed by atoms with Gasteiger partial charge in [-0.1, -0.05) is 145 Å². The third-order valence-corrected chi connectivity index (χ3v) is 9.85. The summed E-state index contributed by atoms with van der Waals surface area (Å²) in [6, 6.07) is 46.6. The van der Waals surface area contributed by atoms with Crippen LogP contribution in [-0.2, 0) is 18.4 Å². The van der Waals surface area contributed by atoms with Gasteiger partial charge >= 0.3 is 5.69 Å². The molecule has 278 valence electrons. The number of benzene rings is 5. The van der Waals surface area contributed by atoms with Crippen molar-refractivity contribution in [3.8, 4) is 0 Å². The molecule has 2 heterocycles. The third kappa shape index (κ3) is 9.00. The van der Waals surface area contributed by atoms with E-state index < -0.39 is 22.6 Å². The Balaban J connectivity index is 0.000000155. The zero-order valence-electron chi connectivity index (χ0n) is 30.8. The van der Waals surface area contributed by atoms with Gasteiger partial charge in [-0.25, -0.2) is 9.78 Å². The fourth-order valence-electron chi connectivity index (χ4n) is 6.98. The van der Waals surface area contributed by atoms with Crippen LogP contribution in [0.15, 0.2) is 174 Å². The van der Waals surface area contributed by atoms with Crippen LogP contribution in [0.3, 0.4) is 0 Å². The smallest absolute Gasteiger partial charge is 0.319 e. The maximum Gasteiger partial charge on any atom is 0.325 e. The molecule has 0 saturated carbocycles. The summed E-state index contributed by atoms with van der Waals surface area (Å²) in [6.45, 7) is 1.09. The summed E-state index contributed by atoms with van der Waals surface area (Å²) < 4.78 is 14.1. The Kier molecular flexibility index (Phi) is 12.9. The lowest BCUT2D eigenvalue weighted by Crippen LogP contribution is -2.37. The van der Waals surface area contributed by atoms with Crippen LogP contribution >= 0.6 is 11.6 Å². The third-order valence-electron chi connectivity index (χ3n) is 9.52. The summed E-state index contributed by atoms with van der Waals surface area (Å²) in [5.41, 5.74) is 8.20. The normalized spacial score (nSPS) is 11.9. The molecule has 0 bridgehead atoms. The number of nitrogens with one attached hydrogen (secondary N) is 2. The number of hydrogen-bond acceptors (Lipinski definition) is 4. The van der Waals surface area contributed by atoms with E-state index in [-0.39, 0.29) is 0 Å². The van der Waals surface area contributed by atoms with E-state index in [1.807, 2.05) is 47.8 Å². The number of imidazole rings is 1. The van der Waals surface area contributed by atoms with Gasteiger partial charge in [-0.3, -0.25) is 9.78 Å². The standard InChI is InChI=1S/C22H17ClN2.C20H23N.C4H3FN2O2/c23-21-14-8-7-13-20(21)22(25-16-15-24-17-25,18-9-3-1-4-10-18)19-11-5-2-6-12-19;1-21(2)15-7-12-20-18-10-5-3-8-16(18)13-14-17-9-4-6-11-19(17)20;5-2-1-6-4(9)7-3(2)8/h1-17H;3-6,8-12H,7,13-15H2,1-2H3;1H,(H2,6,7,8,9). The molecule has 0 aliphatic heterocycles. The molecule has 2 aromatic heterocycles. The zero-order valence-corrected chi connectivity index (χ0v) is 31.6. The van der Waals surface area contributed by atoms with Crippen LogP contribution in [0.4, 0.5) is 4.39 Å². The predicted molar refractivity (Wildman–Crippen MR) is 220 cm³/mol. The minimum Gasteiger partial charge on any atom is -0.319 e. The van der Waals surface area contributed by atoms with Gasteiger partial charge in [-0.15, -0.1) is 0 Å². The number of nitrogens with zero attached hydrogens (tertiary/aromatic N) is 3. The van der Waals surface area contributed by atoms with Crippen LogP contribution < -0.4 is 11.2 Å². The molecular weight excluding hydrogens is 709 g/mol. The summed E-state index contributed by atoms with van der Waals surface area (Å²) in [5, 5.41) is 0.726. The van der Waals surface area contributed by atoms with Crippen LogP contribution in [0.5, 0.6) is 0 Å². The van der Waals surface area contributed by atoms with Crippen molar-refractivity contribution < 1.29 is 4.39 Å². The van der Waals surface area contributed by atoms with Crippen molar-refractivity contribution in [2.24, 2.45) is 0 Å². The molecule has 0 amide bonds. The molecule has 8 rings (SSSR count). The molecule has 0 atom stereocenters. The van der Waals surface area contributed by atoms with E-state index in [1.54, 1.807) is 11.2 Å². The van der Waals surface area contributed by atoms with E-state index in [0.29, 0.717) is 6.20 Å². The van der Waals surface area contributed by atoms with Gasteiger partial charge in [0.25, 0.3) is 5.56 Å². The first-order chi connectivity index (χ1) is 26.8. The first-order valence-electron chi connectivity index (χ1n) is 18.1. The van der Waals surface area contributed by atoms with E-state index in [2.05, 4.69) is 138 Å². The Morgan fingerprint density at radius 3 is 1.84 bits per heavy atom. The maximum absolute atomic E-state index is 12.0. The highest BCUT2D eigenvalue weighted by molar-refractivity contribution is 6.31. The van der Waals surface area contributed by atoms with Gasteiger partial charge in [0.1, 0.15) is 5.54 Å². The lowest BCUT2D eigenvalue weighted by molar-refractivity contribution is 0.417. The quantitative estimate of drug-likeness (QED) is 0.160. The highest BCUT2D eigenvalue weighted by Gasteiger charge is 2.39. The van der Waals surface area contributed by atoms with Gasteiger partial charge in [0.2, 0.25) is 5.82 Å². The van der Waals surface area contributed by atoms with Gasteiger partial charge in [-0.05, 0) is 78.4 Å². The number of halogens is 2. The summed E-state index contributed by atoms with van der Waals surface area (Å²) in [6.07, 6.45) is 12.1. The second-order valence-electron chi connectivity index (χ2n) is 13.3. The number of aryl methyl sites for hydroxylation is 2. The molecule has 7 nitrogen and oxygen atoms in total. The SMILES string of the molecule is CN(C)CCC=C1c2ccccc2CCc2ccccc21.Clc1ccccc1C(c1ccccc1)(c1ccccc1)n1ccnc1.O=c1[nH]cc(F)c(=O)[nH]1. The van der Waals surface area contributed by atoms with Crippen molar-refractivity contribution in [3.63, 3.8) is 0 Å². The number of aromatic amines is 2. The molecule has 5 aromatic carbocycles. The van der Waals surface area contributed by atoms with Gasteiger partial charge in [0, 0.05) is 35.7 Å². The number of aromatic nitrogens is 4. The molecule has 1 aliphatic carbocycles. The van der Waals surface area contributed by atoms with Gasteiger partial charge in [0.15, 0.2) is 0 Å². The van der Waals surface area contributed by atoms with E-state index in [0.717, 1.165) is 47.5 Å². The van der Waals surface area contributed by atoms with Crippen LogP contribution in [0, 0.1) is 5.82 Å². The highest BCUT2D eigenvalue weighted by Crippen LogP contribution is 2.43. The van der Waals surface area contributed by atoms with Crippen LogP contribution in [0.25, 0.3) is 5.57 Å². The molecule has 0 spiro atoms. The summed E-state index contributed by atoms with van der Waals surface area (Å²) in [7, 11) is 4.26. The van der Waals surface area contributed by atoms with Crippen LogP contribution in [0.1, 0.15) is 45.4 Å². The Morgan fingerprint density at radius 2 is 1.33 bits per heavy atom. The van der Waals surface area contributed by atoms with E-state index in [9.17, 15) is 14.0 Å². The number of hydrogen-bond donors (Lipinski definition) is 2. The zero-order chi connectivity index (χ0) is 38.6. The van der Waals surface area contributed by atoms with Crippen molar-refractivity contribution in [1.29, 1.82) is 0 Å². The van der Waals surface area contributed by atoms with E-state index in [1.165, 1.54) is 27.8 Å². The van der Waals surface area contributed by atoms with Crippen molar-refractivity contribution in [2.75, 3.05) is 20.6 Å². The molecule has 7 aromatic rings. The first kappa shape index (κ1) is 38.6. The molecule has 0 unspecified atom stereocenters. The minimum atomic E-state index is -1.00. The second kappa shape index (κ2) is 18.3. The van der Waals surface area contributed by atoms with E-state index in [4.69, 9.17) is 11.6 Å². The number of H-pyrrole nitrogens is 2. The monoisotopic (exact) mass is 751 g/mol. The van der Waals surface area contributed by atoms with Crippen molar-refractivity contribution in [3.05, 3.63) is 235 Å². The molecule has 0 saturated heterocycles. The summed E-state index contributed by atoms with van der Waals surface area (Å²) in [5.74, 6) is -0.991. The number of fused-ring (bicyclic) bond motifs is 2. The fraction of sp³-hybridized carbons (Fsp3) is 0.152. The molecule has 9 heteroatoms. The highest BCUT2D eigenvalue weighted by atomic mass is 35.5. The van der Waals surface area contributed by atoms with Crippen molar-refractivity contribution >= 4 is 17.2 Å². The molecule has 55 heavy (non-hydrogen) atoms. The lowest BCUT2D eigenvalue weighted by atomic mass is 9.76. The molecule has 2 N–H and O–H groups in total. The topological polar surface area (TPSA) is 86.8 Å². The number of rotatable bonds is 7. The maximum atomic E-state index is 12.0. The Labute approximate surface area is 325 Å². The largest absolute Gasteiger partial charge is 0.325 e.